The Morgan fingerprint density at radius 3 is 1.03 bits per heavy atom. The van der Waals surface area contributed by atoms with Crippen molar-refractivity contribution in [1.29, 1.82) is 0 Å². The Morgan fingerprint density at radius 2 is 0.686 bits per heavy atom. The van der Waals surface area contributed by atoms with E-state index in [0.29, 0.717) is 72.7 Å². The lowest BCUT2D eigenvalue weighted by molar-refractivity contribution is -0.142. The van der Waals surface area contributed by atoms with Crippen LogP contribution in [-0.2, 0) is 38.0 Å². The van der Waals surface area contributed by atoms with Gasteiger partial charge < -0.3 is 33.2 Å². The summed E-state index contributed by atoms with van der Waals surface area (Å²) in [5.74, 6) is -0.298. The molecule has 0 rings (SSSR count). The molecule has 8 heteroatoms. The molecule has 0 bridgehead atoms. The van der Waals surface area contributed by atoms with Crippen molar-refractivity contribution in [3.05, 3.63) is 0 Å². The van der Waals surface area contributed by atoms with Crippen molar-refractivity contribution < 1.29 is 38.0 Å². The predicted molar refractivity (Wildman–Crippen MR) is 138 cm³/mol. The molecule has 0 fully saturated rings. The van der Waals surface area contributed by atoms with Crippen molar-refractivity contribution in [2.45, 2.75) is 84.5 Å². The lowest BCUT2D eigenvalue weighted by atomic mass is 10.1. The molecule has 0 amide bonds. The van der Waals surface area contributed by atoms with Crippen LogP contribution in [0, 0.1) is 0 Å². The second kappa shape index (κ2) is 31.3. The first kappa shape index (κ1) is 34.2. The van der Waals surface area contributed by atoms with Gasteiger partial charge in [0.15, 0.2) is 0 Å². The molecule has 0 aliphatic carbocycles. The van der Waals surface area contributed by atoms with Crippen LogP contribution in [0.15, 0.2) is 0 Å². The quantitative estimate of drug-likeness (QED) is 0.0999. The van der Waals surface area contributed by atoms with Crippen LogP contribution in [0.25, 0.3) is 0 Å². The van der Waals surface area contributed by atoms with Gasteiger partial charge in [0.2, 0.25) is 0 Å². The molecule has 0 aromatic heterocycles. The van der Waals surface area contributed by atoms with Gasteiger partial charge >= 0.3 is 5.97 Å². The Kier molecular flexibility index (Phi) is 30.6. The molecule has 0 radical (unpaired) electrons. The zero-order valence-electron chi connectivity index (χ0n) is 22.7. The molecule has 0 aromatic carbocycles. The Morgan fingerprint density at radius 1 is 0.400 bits per heavy atom. The highest BCUT2D eigenvalue weighted by atomic mass is 16.6. The highest BCUT2D eigenvalue weighted by Gasteiger charge is 1.96. The van der Waals surface area contributed by atoms with Crippen LogP contribution in [0.1, 0.15) is 84.5 Å². The summed E-state index contributed by atoms with van der Waals surface area (Å²) in [6.07, 6.45) is 14.9. The molecule has 0 saturated heterocycles. The zero-order valence-corrected chi connectivity index (χ0v) is 22.7. The van der Waals surface area contributed by atoms with E-state index < -0.39 is 0 Å². The number of esters is 1. The largest absolute Gasteiger partial charge is 0.463 e. The molecule has 210 valence electrons. The van der Waals surface area contributed by atoms with E-state index in [-0.39, 0.29) is 12.6 Å². The number of hydrogen-bond acceptors (Lipinski definition) is 8. The van der Waals surface area contributed by atoms with Crippen LogP contribution in [-0.4, -0.2) is 91.9 Å². The van der Waals surface area contributed by atoms with Gasteiger partial charge in [-0.3, -0.25) is 4.79 Å². The first-order chi connectivity index (χ1) is 17.3. The summed E-state index contributed by atoms with van der Waals surface area (Å²) >= 11 is 0. The Balaban J connectivity index is 3.01. The number of hydrogen-bond donors (Lipinski definition) is 0. The van der Waals surface area contributed by atoms with E-state index >= 15 is 0 Å². The van der Waals surface area contributed by atoms with Gasteiger partial charge in [0.25, 0.3) is 0 Å². The molecule has 0 aliphatic rings. The van der Waals surface area contributed by atoms with Crippen LogP contribution in [0.3, 0.4) is 0 Å². The molecule has 0 unspecified atom stereocenters. The summed E-state index contributed by atoms with van der Waals surface area (Å²) < 4.78 is 37.4. The van der Waals surface area contributed by atoms with Crippen molar-refractivity contribution in [2.75, 3.05) is 85.9 Å². The van der Waals surface area contributed by atoms with E-state index in [1.807, 2.05) is 0 Å². The Bertz CT molecular complexity index is 409. The van der Waals surface area contributed by atoms with Crippen molar-refractivity contribution >= 4 is 5.97 Å². The second-order valence-electron chi connectivity index (χ2n) is 8.55. The maximum atomic E-state index is 10.6. The minimum atomic E-state index is -0.298. The highest BCUT2D eigenvalue weighted by molar-refractivity contribution is 5.65. The van der Waals surface area contributed by atoms with Gasteiger partial charge in [0.05, 0.1) is 72.7 Å². The molecule has 0 heterocycles. The molecule has 0 aromatic rings. The fraction of sp³-hybridized carbons (Fsp3) is 0.963. The van der Waals surface area contributed by atoms with Gasteiger partial charge in [-0.15, -0.1) is 0 Å². The summed E-state index contributed by atoms with van der Waals surface area (Å²) in [5, 5.41) is 0. The molecule has 0 aliphatic heterocycles. The summed E-state index contributed by atoms with van der Waals surface area (Å²) in [7, 11) is 0. The van der Waals surface area contributed by atoms with Crippen LogP contribution >= 0.6 is 0 Å². The molecule has 8 nitrogen and oxygen atoms in total. The summed E-state index contributed by atoms with van der Waals surface area (Å²) in [4.78, 5) is 10.6. The summed E-state index contributed by atoms with van der Waals surface area (Å²) in [6.45, 7) is 10.6. The molecule has 0 spiro atoms. The predicted octanol–water partition coefficient (Wildman–Crippen LogP) is 4.96. The van der Waals surface area contributed by atoms with Crippen molar-refractivity contribution in [3.63, 3.8) is 0 Å². The molecule has 0 N–H and O–H groups in total. The first-order valence-corrected chi connectivity index (χ1v) is 13.9. The van der Waals surface area contributed by atoms with E-state index in [4.69, 9.17) is 33.2 Å². The average molecular weight is 507 g/mol. The van der Waals surface area contributed by atoms with E-state index in [9.17, 15) is 4.79 Å². The van der Waals surface area contributed by atoms with Crippen molar-refractivity contribution in [1.82, 2.24) is 0 Å². The normalized spacial score (nSPS) is 11.3. The van der Waals surface area contributed by atoms with E-state index in [1.165, 1.54) is 71.1 Å². The topological polar surface area (TPSA) is 81.7 Å². The molecular formula is C27H54O8. The number of carbonyl (C=O) groups excluding carboxylic acids is 1. The van der Waals surface area contributed by atoms with Gasteiger partial charge in [0, 0.05) is 13.5 Å². The third-order valence-corrected chi connectivity index (χ3v) is 5.29. The smallest absolute Gasteiger partial charge is 0.302 e. The van der Waals surface area contributed by atoms with Crippen LogP contribution in [0.2, 0.25) is 0 Å². The molecular weight excluding hydrogens is 452 g/mol. The Hall–Kier alpha value is -0.770. The minimum Gasteiger partial charge on any atom is -0.463 e. The van der Waals surface area contributed by atoms with Crippen LogP contribution in [0.4, 0.5) is 0 Å². The molecule has 0 atom stereocenters. The number of rotatable bonds is 30. The molecule has 0 saturated carbocycles. The maximum absolute atomic E-state index is 10.6. The van der Waals surface area contributed by atoms with Crippen LogP contribution in [0.5, 0.6) is 0 Å². The fourth-order valence-electron chi connectivity index (χ4n) is 3.31. The van der Waals surface area contributed by atoms with Gasteiger partial charge in [-0.05, 0) is 6.42 Å². The minimum absolute atomic E-state index is 0.275. The number of ether oxygens (including phenoxy) is 7. The zero-order chi connectivity index (χ0) is 25.5. The van der Waals surface area contributed by atoms with E-state index in [2.05, 4.69) is 6.92 Å². The van der Waals surface area contributed by atoms with Gasteiger partial charge in [-0.2, -0.15) is 0 Å². The molecule has 35 heavy (non-hydrogen) atoms. The van der Waals surface area contributed by atoms with Gasteiger partial charge in [-0.1, -0.05) is 71.1 Å². The third-order valence-electron chi connectivity index (χ3n) is 5.29. The fourth-order valence-corrected chi connectivity index (χ4v) is 3.31. The van der Waals surface area contributed by atoms with Gasteiger partial charge in [0.1, 0.15) is 6.61 Å². The summed E-state index contributed by atoms with van der Waals surface area (Å²) in [6, 6.07) is 0. The monoisotopic (exact) mass is 506 g/mol. The number of unbranched alkanes of at least 4 members (excludes halogenated alkanes) is 10. The van der Waals surface area contributed by atoms with E-state index in [0.717, 1.165) is 13.0 Å². The van der Waals surface area contributed by atoms with Crippen molar-refractivity contribution in [3.8, 4) is 0 Å². The second-order valence-corrected chi connectivity index (χ2v) is 8.55. The number of carbonyl (C=O) groups is 1. The highest BCUT2D eigenvalue weighted by Crippen LogP contribution is 2.11. The lowest BCUT2D eigenvalue weighted by Crippen LogP contribution is -2.14. The lowest BCUT2D eigenvalue weighted by Gasteiger charge is -2.08. The maximum Gasteiger partial charge on any atom is 0.302 e. The SMILES string of the molecule is CCCCCCCCCCCCCOCCOCCOCCOCCOCCOCCOC(C)=O. The van der Waals surface area contributed by atoms with E-state index in [1.54, 1.807) is 0 Å². The van der Waals surface area contributed by atoms with Crippen LogP contribution < -0.4 is 0 Å². The average Bonchev–Trinajstić information content (AvgIpc) is 2.85. The summed E-state index contributed by atoms with van der Waals surface area (Å²) in [5.41, 5.74) is 0. The first-order valence-electron chi connectivity index (χ1n) is 13.9. The Labute approximate surface area is 214 Å². The van der Waals surface area contributed by atoms with Gasteiger partial charge in [-0.25, -0.2) is 0 Å². The van der Waals surface area contributed by atoms with Crippen molar-refractivity contribution in [2.24, 2.45) is 0 Å². The standard InChI is InChI=1S/C27H54O8/c1-3-4-5-6-7-8-9-10-11-12-13-14-29-15-16-30-17-18-31-19-20-32-21-22-33-23-24-34-25-26-35-27(2)28/h3-26H2,1-2H3. The third kappa shape index (κ3) is 33.2.